The van der Waals surface area contributed by atoms with Crippen LogP contribution in [0.2, 0.25) is 0 Å². The highest BCUT2D eigenvalue weighted by Crippen LogP contribution is 2.10. The first kappa shape index (κ1) is 11.5. The normalized spacial score (nSPS) is 23.5. The number of amides is 1. The molecule has 0 spiro atoms. The number of ether oxygens (including phenoxy) is 1. The van der Waals surface area contributed by atoms with Crippen molar-refractivity contribution in [2.24, 2.45) is 5.92 Å². The van der Waals surface area contributed by atoms with Gasteiger partial charge < -0.3 is 15.0 Å². The summed E-state index contributed by atoms with van der Waals surface area (Å²) in [5.41, 5.74) is 0. The van der Waals surface area contributed by atoms with Gasteiger partial charge in [0.1, 0.15) is 0 Å². The summed E-state index contributed by atoms with van der Waals surface area (Å²) < 4.78 is 4.97. The summed E-state index contributed by atoms with van der Waals surface area (Å²) >= 11 is 0. The van der Waals surface area contributed by atoms with E-state index in [1.165, 1.54) is 0 Å². The second-order valence-electron chi connectivity index (χ2n) is 3.95. The van der Waals surface area contributed by atoms with Crippen molar-refractivity contribution in [2.45, 2.75) is 19.4 Å². The van der Waals surface area contributed by atoms with Crippen molar-refractivity contribution in [3.63, 3.8) is 0 Å². The Bertz CT molecular complexity index is 191. The van der Waals surface area contributed by atoms with E-state index in [-0.39, 0.29) is 11.8 Å². The van der Waals surface area contributed by atoms with Crippen LogP contribution < -0.4 is 5.32 Å². The number of rotatable bonds is 4. The molecular weight excluding hydrogens is 180 g/mol. The number of carbonyl (C=O) groups excluding carboxylic acids is 1. The Morgan fingerprint density at radius 1 is 1.71 bits per heavy atom. The summed E-state index contributed by atoms with van der Waals surface area (Å²) in [4.78, 5) is 13.7. The molecule has 0 aromatic rings. The van der Waals surface area contributed by atoms with E-state index in [2.05, 4.69) is 5.32 Å². The van der Waals surface area contributed by atoms with Gasteiger partial charge in [0, 0.05) is 26.7 Å². The molecule has 1 heterocycles. The van der Waals surface area contributed by atoms with E-state index in [4.69, 9.17) is 4.74 Å². The first-order chi connectivity index (χ1) is 6.66. The molecule has 0 aromatic heterocycles. The third-order valence-electron chi connectivity index (χ3n) is 2.77. The molecule has 0 bridgehead atoms. The van der Waals surface area contributed by atoms with E-state index >= 15 is 0 Å². The Kier molecular flexibility index (Phi) is 4.35. The molecule has 1 aliphatic heterocycles. The molecule has 1 aliphatic rings. The molecule has 1 saturated heterocycles. The summed E-state index contributed by atoms with van der Waals surface area (Å²) in [6.07, 6.45) is 1.06. The van der Waals surface area contributed by atoms with E-state index in [0.29, 0.717) is 12.6 Å². The Morgan fingerprint density at radius 2 is 2.43 bits per heavy atom. The smallest absolute Gasteiger partial charge is 0.227 e. The maximum absolute atomic E-state index is 11.8. The predicted octanol–water partition coefficient (Wildman–Crippen LogP) is 0.0892. The maximum Gasteiger partial charge on any atom is 0.227 e. The lowest BCUT2D eigenvalue weighted by Crippen LogP contribution is -2.42. The van der Waals surface area contributed by atoms with Crippen molar-refractivity contribution in [3.8, 4) is 0 Å². The molecular formula is C10H20N2O2. The van der Waals surface area contributed by atoms with Crippen LogP contribution in [0.1, 0.15) is 13.3 Å². The highest BCUT2D eigenvalue weighted by molar-refractivity contribution is 5.78. The Labute approximate surface area is 85.6 Å². The largest absolute Gasteiger partial charge is 0.384 e. The zero-order valence-corrected chi connectivity index (χ0v) is 9.25. The lowest BCUT2D eigenvalue weighted by molar-refractivity contribution is -0.137. The minimum atomic E-state index is -0.0365. The van der Waals surface area contributed by atoms with Crippen LogP contribution in [0.15, 0.2) is 0 Å². The topological polar surface area (TPSA) is 41.6 Å². The molecule has 2 atom stereocenters. The summed E-state index contributed by atoms with van der Waals surface area (Å²) in [5, 5.41) is 3.25. The van der Waals surface area contributed by atoms with Crippen LogP contribution in [0.5, 0.6) is 0 Å². The van der Waals surface area contributed by atoms with E-state index in [1.807, 2.05) is 18.9 Å². The van der Waals surface area contributed by atoms with Gasteiger partial charge in [-0.3, -0.25) is 4.79 Å². The van der Waals surface area contributed by atoms with E-state index in [0.717, 1.165) is 19.5 Å². The summed E-state index contributed by atoms with van der Waals surface area (Å²) in [7, 11) is 3.51. The fraction of sp³-hybridized carbons (Fsp3) is 0.900. The molecule has 0 radical (unpaired) electrons. The number of carbonyl (C=O) groups is 1. The van der Waals surface area contributed by atoms with Gasteiger partial charge in [-0.2, -0.15) is 0 Å². The summed E-state index contributed by atoms with van der Waals surface area (Å²) in [6, 6.07) is 0.363. The number of hydrogen-bond acceptors (Lipinski definition) is 3. The molecule has 1 N–H and O–H groups in total. The van der Waals surface area contributed by atoms with E-state index < -0.39 is 0 Å². The Balaban J connectivity index is 2.42. The zero-order chi connectivity index (χ0) is 10.6. The van der Waals surface area contributed by atoms with Crippen molar-refractivity contribution in [1.29, 1.82) is 0 Å². The molecule has 0 aromatic carbocycles. The van der Waals surface area contributed by atoms with Gasteiger partial charge in [-0.15, -0.1) is 0 Å². The average molecular weight is 200 g/mol. The number of nitrogens with one attached hydrogen (secondary N) is 1. The van der Waals surface area contributed by atoms with E-state index in [1.54, 1.807) is 7.11 Å². The number of nitrogens with zero attached hydrogens (tertiary/aromatic N) is 1. The lowest BCUT2D eigenvalue weighted by atomic mass is 10.1. The maximum atomic E-state index is 11.8. The Morgan fingerprint density at radius 3 is 2.93 bits per heavy atom. The van der Waals surface area contributed by atoms with Crippen LogP contribution in [0.25, 0.3) is 0 Å². The summed E-state index contributed by atoms with van der Waals surface area (Å²) in [6.45, 7) is 4.34. The van der Waals surface area contributed by atoms with Crippen molar-refractivity contribution >= 4 is 5.91 Å². The van der Waals surface area contributed by atoms with Crippen molar-refractivity contribution in [3.05, 3.63) is 0 Å². The fourth-order valence-corrected chi connectivity index (χ4v) is 1.82. The number of hydrogen-bond donors (Lipinski definition) is 1. The van der Waals surface area contributed by atoms with Gasteiger partial charge in [0.15, 0.2) is 0 Å². The van der Waals surface area contributed by atoms with Crippen molar-refractivity contribution in [1.82, 2.24) is 10.2 Å². The van der Waals surface area contributed by atoms with Gasteiger partial charge in [0.05, 0.1) is 12.5 Å². The highest BCUT2D eigenvalue weighted by Gasteiger charge is 2.26. The quantitative estimate of drug-likeness (QED) is 0.699. The van der Waals surface area contributed by atoms with Crippen LogP contribution >= 0.6 is 0 Å². The molecule has 2 unspecified atom stereocenters. The lowest BCUT2D eigenvalue weighted by Gasteiger charge is -2.26. The molecule has 0 saturated carbocycles. The van der Waals surface area contributed by atoms with Crippen molar-refractivity contribution < 1.29 is 9.53 Å². The number of methoxy groups -OCH3 is 1. The predicted molar refractivity (Wildman–Crippen MR) is 55.1 cm³/mol. The molecule has 1 amide bonds. The average Bonchev–Trinajstić information content (AvgIpc) is 2.68. The molecule has 1 fully saturated rings. The SMILES string of the molecule is COCC(C)C(=O)N(C)C1CCNC1. The van der Waals surface area contributed by atoms with Gasteiger partial charge in [-0.05, 0) is 13.0 Å². The van der Waals surface area contributed by atoms with E-state index in [9.17, 15) is 4.79 Å². The minimum Gasteiger partial charge on any atom is -0.384 e. The van der Waals surface area contributed by atoms with Crippen LogP contribution in [-0.4, -0.2) is 50.7 Å². The summed E-state index contributed by atoms with van der Waals surface area (Å²) in [5.74, 6) is 0.145. The highest BCUT2D eigenvalue weighted by atomic mass is 16.5. The first-order valence-electron chi connectivity index (χ1n) is 5.13. The Hall–Kier alpha value is -0.610. The van der Waals surface area contributed by atoms with Gasteiger partial charge >= 0.3 is 0 Å². The minimum absolute atomic E-state index is 0.0365. The molecule has 0 aliphatic carbocycles. The standard InChI is InChI=1S/C10H20N2O2/c1-8(7-14-3)10(13)12(2)9-4-5-11-6-9/h8-9,11H,4-7H2,1-3H3. The van der Waals surface area contributed by atoms with Gasteiger partial charge in [-0.25, -0.2) is 0 Å². The molecule has 82 valence electrons. The first-order valence-corrected chi connectivity index (χ1v) is 5.13. The van der Waals surface area contributed by atoms with Gasteiger partial charge in [0.2, 0.25) is 5.91 Å². The second kappa shape index (κ2) is 5.32. The number of likely N-dealkylation sites (N-methyl/N-ethyl adjacent to an activating group) is 1. The second-order valence-corrected chi connectivity index (χ2v) is 3.95. The fourth-order valence-electron chi connectivity index (χ4n) is 1.82. The van der Waals surface area contributed by atoms with Crippen LogP contribution in [0, 0.1) is 5.92 Å². The third-order valence-corrected chi connectivity index (χ3v) is 2.77. The van der Waals surface area contributed by atoms with Crippen LogP contribution in [0.3, 0.4) is 0 Å². The van der Waals surface area contributed by atoms with Crippen LogP contribution in [-0.2, 0) is 9.53 Å². The third kappa shape index (κ3) is 2.69. The van der Waals surface area contributed by atoms with Gasteiger partial charge in [0.25, 0.3) is 0 Å². The monoisotopic (exact) mass is 200 g/mol. The molecule has 4 heteroatoms. The molecule has 4 nitrogen and oxygen atoms in total. The van der Waals surface area contributed by atoms with Crippen LogP contribution in [0.4, 0.5) is 0 Å². The van der Waals surface area contributed by atoms with Gasteiger partial charge in [-0.1, -0.05) is 6.92 Å². The molecule has 1 rings (SSSR count). The zero-order valence-electron chi connectivity index (χ0n) is 9.25. The molecule has 14 heavy (non-hydrogen) atoms. The van der Waals surface area contributed by atoms with Crippen molar-refractivity contribution in [2.75, 3.05) is 33.9 Å².